The van der Waals surface area contributed by atoms with Gasteiger partial charge in [0.2, 0.25) is 5.91 Å². The lowest BCUT2D eigenvalue weighted by Crippen LogP contribution is -2.23. The highest BCUT2D eigenvalue weighted by atomic mass is 35.5. The van der Waals surface area contributed by atoms with Gasteiger partial charge in [-0.1, -0.05) is 30.3 Å². The third-order valence-electron chi connectivity index (χ3n) is 3.97. The van der Waals surface area contributed by atoms with Gasteiger partial charge in [-0.3, -0.25) is 14.2 Å². The van der Waals surface area contributed by atoms with E-state index in [1.807, 2.05) is 12.3 Å². The zero-order chi connectivity index (χ0) is 21.0. The van der Waals surface area contributed by atoms with Crippen LogP contribution in [0.15, 0.2) is 39.6 Å². The van der Waals surface area contributed by atoms with Gasteiger partial charge in [-0.2, -0.15) is 0 Å². The summed E-state index contributed by atoms with van der Waals surface area (Å²) >= 11 is 8.51. The fourth-order valence-electron chi connectivity index (χ4n) is 2.68. The van der Waals surface area contributed by atoms with Gasteiger partial charge in [-0.25, -0.2) is 9.78 Å². The third kappa shape index (κ3) is 4.80. The van der Waals surface area contributed by atoms with E-state index in [2.05, 4.69) is 10.3 Å². The van der Waals surface area contributed by atoms with Gasteiger partial charge in [-0.15, -0.1) is 11.3 Å². The van der Waals surface area contributed by atoms with E-state index in [-0.39, 0.29) is 28.5 Å². The van der Waals surface area contributed by atoms with E-state index in [1.54, 1.807) is 16.7 Å². The third-order valence-corrected chi connectivity index (χ3v) is 6.07. The number of amides is 1. The van der Waals surface area contributed by atoms with Crippen molar-refractivity contribution in [3.63, 3.8) is 0 Å². The maximum atomic E-state index is 12.7. The normalized spacial score (nSPS) is 10.9. The quantitative estimate of drug-likeness (QED) is 0.331. The zero-order valence-corrected chi connectivity index (χ0v) is 18.1. The van der Waals surface area contributed by atoms with Crippen molar-refractivity contribution in [1.82, 2.24) is 9.55 Å². The number of carbonyl (C=O) groups is 2. The summed E-state index contributed by atoms with van der Waals surface area (Å²) in [7, 11) is 1.26. The van der Waals surface area contributed by atoms with E-state index >= 15 is 0 Å². The van der Waals surface area contributed by atoms with Crippen molar-refractivity contribution >= 4 is 62.5 Å². The number of carbonyl (C=O) groups excluding carboxylic acids is 2. The molecule has 1 N–H and O–H groups in total. The standard InChI is InChI=1S/C19H18ClN3O4S2/c1-3-7-23-17(25)16-13(6-8-28-16)22-19(23)29-10-15(24)21-14-9-11(20)4-5-12(14)18(26)27-2/h4-6,8-9H,3,7,10H2,1-2H3,(H,21,24). The fraction of sp³-hybridized carbons (Fsp3) is 0.263. The minimum Gasteiger partial charge on any atom is -0.465 e. The molecule has 0 radical (unpaired) electrons. The molecule has 1 aromatic carbocycles. The number of fused-ring (bicyclic) bond motifs is 1. The lowest BCUT2D eigenvalue weighted by atomic mass is 10.2. The van der Waals surface area contributed by atoms with Crippen LogP contribution in [0.25, 0.3) is 10.2 Å². The van der Waals surface area contributed by atoms with Gasteiger partial charge in [0.25, 0.3) is 5.56 Å². The first kappa shape index (κ1) is 21.4. The number of thiophene rings is 1. The molecule has 2 heterocycles. The van der Waals surface area contributed by atoms with E-state index in [9.17, 15) is 14.4 Å². The van der Waals surface area contributed by atoms with Crippen LogP contribution >= 0.6 is 34.7 Å². The second-order valence-corrected chi connectivity index (χ2v) is 8.30. The number of methoxy groups -OCH3 is 1. The van der Waals surface area contributed by atoms with Crippen molar-refractivity contribution in [3.05, 3.63) is 50.6 Å². The number of aromatic nitrogens is 2. The van der Waals surface area contributed by atoms with Gasteiger partial charge in [0.1, 0.15) is 4.70 Å². The molecule has 0 spiro atoms. The molecule has 0 atom stereocenters. The predicted octanol–water partition coefficient (Wildman–Crippen LogP) is 4.04. The van der Waals surface area contributed by atoms with Gasteiger partial charge in [0.15, 0.2) is 5.16 Å². The fourth-order valence-corrected chi connectivity index (χ4v) is 4.45. The average Bonchev–Trinajstić information content (AvgIpc) is 3.17. The number of nitrogens with one attached hydrogen (secondary N) is 1. The van der Waals surface area contributed by atoms with Crippen LogP contribution in [0, 0.1) is 0 Å². The van der Waals surface area contributed by atoms with E-state index in [4.69, 9.17) is 16.3 Å². The Hall–Kier alpha value is -2.36. The molecule has 0 aliphatic heterocycles. The number of anilines is 1. The van der Waals surface area contributed by atoms with E-state index < -0.39 is 5.97 Å². The summed E-state index contributed by atoms with van der Waals surface area (Å²) in [4.78, 5) is 41.6. The number of hydrogen-bond donors (Lipinski definition) is 1. The van der Waals surface area contributed by atoms with Crippen LogP contribution in [0.2, 0.25) is 5.02 Å². The Morgan fingerprint density at radius 2 is 2.14 bits per heavy atom. The van der Waals surface area contributed by atoms with Crippen LogP contribution < -0.4 is 10.9 Å². The van der Waals surface area contributed by atoms with Crippen LogP contribution in [-0.2, 0) is 16.1 Å². The minimum atomic E-state index is -0.578. The van der Waals surface area contributed by atoms with Crippen molar-refractivity contribution in [1.29, 1.82) is 0 Å². The number of thioether (sulfide) groups is 1. The molecule has 0 saturated carbocycles. The van der Waals surface area contributed by atoms with Crippen molar-refractivity contribution in [3.8, 4) is 0 Å². The number of nitrogens with zero attached hydrogens (tertiary/aromatic N) is 2. The number of esters is 1. The Morgan fingerprint density at radius 3 is 2.86 bits per heavy atom. The molecule has 0 aliphatic rings. The molecule has 7 nitrogen and oxygen atoms in total. The zero-order valence-electron chi connectivity index (χ0n) is 15.7. The van der Waals surface area contributed by atoms with Crippen LogP contribution in [0.1, 0.15) is 23.7 Å². The average molecular weight is 452 g/mol. The summed E-state index contributed by atoms with van der Waals surface area (Å²) in [5, 5.41) is 5.36. The van der Waals surface area contributed by atoms with E-state index in [1.165, 1.54) is 42.3 Å². The smallest absolute Gasteiger partial charge is 0.339 e. The van der Waals surface area contributed by atoms with Crippen molar-refractivity contribution in [2.75, 3.05) is 18.2 Å². The van der Waals surface area contributed by atoms with Gasteiger partial charge in [0, 0.05) is 11.6 Å². The Balaban J connectivity index is 1.80. The lowest BCUT2D eigenvalue weighted by Gasteiger charge is -2.12. The molecule has 3 aromatic rings. The summed E-state index contributed by atoms with van der Waals surface area (Å²) in [6, 6.07) is 6.30. The van der Waals surface area contributed by atoms with Crippen molar-refractivity contribution < 1.29 is 14.3 Å². The number of hydrogen-bond acceptors (Lipinski definition) is 7. The Kier molecular flexibility index (Phi) is 6.94. The first-order valence-corrected chi connectivity index (χ1v) is 11.0. The van der Waals surface area contributed by atoms with Crippen LogP contribution in [0.3, 0.4) is 0 Å². The molecule has 29 heavy (non-hydrogen) atoms. The minimum absolute atomic E-state index is 0.0128. The number of halogens is 1. The summed E-state index contributed by atoms with van der Waals surface area (Å²) < 4.78 is 6.93. The van der Waals surface area contributed by atoms with Crippen LogP contribution in [0.5, 0.6) is 0 Å². The SMILES string of the molecule is CCCn1c(SCC(=O)Nc2cc(Cl)ccc2C(=O)OC)nc2ccsc2c1=O. The topological polar surface area (TPSA) is 90.3 Å². The van der Waals surface area contributed by atoms with Gasteiger partial charge < -0.3 is 10.1 Å². The lowest BCUT2D eigenvalue weighted by molar-refractivity contribution is -0.113. The second kappa shape index (κ2) is 9.43. The molecule has 10 heteroatoms. The summed E-state index contributed by atoms with van der Waals surface area (Å²) in [6.45, 7) is 2.49. The van der Waals surface area contributed by atoms with Gasteiger partial charge in [0.05, 0.1) is 29.6 Å². The maximum Gasteiger partial charge on any atom is 0.339 e. The largest absolute Gasteiger partial charge is 0.465 e. The van der Waals surface area contributed by atoms with Crippen molar-refractivity contribution in [2.45, 2.75) is 25.0 Å². The number of rotatable bonds is 7. The molecule has 0 unspecified atom stereocenters. The highest BCUT2D eigenvalue weighted by Crippen LogP contribution is 2.24. The highest BCUT2D eigenvalue weighted by molar-refractivity contribution is 7.99. The molecule has 0 bridgehead atoms. The first-order valence-electron chi connectivity index (χ1n) is 8.73. The van der Waals surface area contributed by atoms with Gasteiger partial charge in [-0.05, 0) is 36.1 Å². The Bertz CT molecular complexity index is 1130. The Morgan fingerprint density at radius 1 is 1.34 bits per heavy atom. The molecule has 2 aromatic heterocycles. The summed E-state index contributed by atoms with van der Waals surface area (Å²) in [6.07, 6.45) is 0.767. The summed E-state index contributed by atoms with van der Waals surface area (Å²) in [5.74, 6) is -0.921. The maximum absolute atomic E-state index is 12.7. The van der Waals surface area contributed by atoms with Gasteiger partial charge >= 0.3 is 5.97 Å². The predicted molar refractivity (Wildman–Crippen MR) is 116 cm³/mol. The summed E-state index contributed by atoms with van der Waals surface area (Å²) in [5.41, 5.74) is 0.994. The molecular weight excluding hydrogens is 434 g/mol. The van der Waals surface area contributed by atoms with E-state index in [0.29, 0.717) is 26.9 Å². The van der Waals surface area contributed by atoms with Crippen LogP contribution in [0.4, 0.5) is 5.69 Å². The molecular formula is C19H18ClN3O4S2. The molecule has 0 saturated heterocycles. The molecule has 0 fully saturated rings. The van der Waals surface area contributed by atoms with Crippen LogP contribution in [-0.4, -0.2) is 34.3 Å². The van der Waals surface area contributed by atoms with Crippen molar-refractivity contribution in [2.24, 2.45) is 0 Å². The van der Waals surface area contributed by atoms with E-state index in [0.717, 1.165) is 6.42 Å². The number of ether oxygens (including phenoxy) is 1. The molecule has 3 rings (SSSR count). The molecule has 152 valence electrons. The first-order chi connectivity index (χ1) is 13.9. The monoisotopic (exact) mass is 451 g/mol. The highest BCUT2D eigenvalue weighted by Gasteiger charge is 2.17. The Labute approximate surface area is 180 Å². The number of benzene rings is 1. The second-order valence-electron chi connectivity index (χ2n) is 6.00. The molecule has 1 amide bonds. The molecule has 0 aliphatic carbocycles.